The average Bonchev–Trinajstić information content (AvgIpc) is 2.77. The lowest BCUT2D eigenvalue weighted by molar-refractivity contribution is 0.0617. The van der Waals surface area contributed by atoms with E-state index in [4.69, 9.17) is 0 Å². The Morgan fingerprint density at radius 3 is 2.33 bits per heavy atom. The van der Waals surface area contributed by atoms with Crippen molar-refractivity contribution in [2.75, 3.05) is 19.6 Å². The largest absolute Gasteiger partial charge is 0.384 e. The summed E-state index contributed by atoms with van der Waals surface area (Å²) in [5.74, 6) is 0.590. The summed E-state index contributed by atoms with van der Waals surface area (Å²) < 4.78 is 0. The maximum absolute atomic E-state index is 12.1. The Balaban J connectivity index is 1.94. The van der Waals surface area contributed by atoms with E-state index >= 15 is 0 Å². The maximum Gasteiger partial charge on any atom is 0.251 e. The number of amides is 1. The second-order valence-corrected chi connectivity index (χ2v) is 7.49. The van der Waals surface area contributed by atoms with Gasteiger partial charge >= 0.3 is 0 Å². The summed E-state index contributed by atoms with van der Waals surface area (Å²) in [6.07, 6.45) is 2.04. The highest BCUT2D eigenvalue weighted by atomic mass is 16.3. The molecule has 0 spiro atoms. The molecule has 1 unspecified atom stereocenters. The Labute approximate surface area is 179 Å². The molecular formula is C24H34N4O2. The fourth-order valence-corrected chi connectivity index (χ4v) is 2.91. The molecule has 2 aromatic rings. The van der Waals surface area contributed by atoms with Crippen molar-refractivity contribution in [1.82, 2.24) is 16.0 Å². The standard InChI is InChI=1S/C24H34N4O2/c1-4-6-16-26-22(29)20-14-12-19(13-15-20)17-27-23(25-5-2)28-18-24(3,30)21-10-8-7-9-11-21/h7-15,30H,4-6,16-18H2,1-3H3,(H,26,29)(H2,25,27,28). The molecule has 4 N–H and O–H groups in total. The Morgan fingerprint density at radius 2 is 1.70 bits per heavy atom. The van der Waals surface area contributed by atoms with Gasteiger partial charge in [-0.15, -0.1) is 0 Å². The van der Waals surface area contributed by atoms with Gasteiger partial charge in [0.05, 0.1) is 13.1 Å². The molecule has 0 bridgehead atoms. The van der Waals surface area contributed by atoms with Gasteiger partial charge in [-0.2, -0.15) is 0 Å². The minimum atomic E-state index is -1.01. The molecule has 0 aliphatic heterocycles. The first kappa shape index (κ1) is 23.4. The number of benzene rings is 2. The van der Waals surface area contributed by atoms with Gasteiger partial charge in [0.2, 0.25) is 0 Å². The predicted molar refractivity (Wildman–Crippen MR) is 123 cm³/mol. The van der Waals surface area contributed by atoms with Crippen LogP contribution in [0.5, 0.6) is 0 Å². The molecule has 0 aliphatic rings. The monoisotopic (exact) mass is 410 g/mol. The van der Waals surface area contributed by atoms with Crippen molar-refractivity contribution < 1.29 is 9.90 Å². The van der Waals surface area contributed by atoms with Gasteiger partial charge in [-0.25, -0.2) is 4.99 Å². The lowest BCUT2D eigenvalue weighted by Gasteiger charge is -2.25. The van der Waals surface area contributed by atoms with Crippen molar-refractivity contribution in [3.8, 4) is 0 Å². The molecular weight excluding hydrogens is 376 g/mol. The number of carbonyl (C=O) groups is 1. The van der Waals surface area contributed by atoms with Gasteiger partial charge in [0.1, 0.15) is 5.60 Å². The summed E-state index contributed by atoms with van der Waals surface area (Å²) in [6, 6.07) is 17.1. The first-order chi connectivity index (χ1) is 14.5. The predicted octanol–water partition coefficient (Wildman–Crippen LogP) is 3.18. The van der Waals surface area contributed by atoms with E-state index < -0.39 is 5.60 Å². The number of hydrogen-bond acceptors (Lipinski definition) is 3. The molecule has 0 fully saturated rings. The number of nitrogens with zero attached hydrogens (tertiary/aromatic N) is 1. The van der Waals surface area contributed by atoms with E-state index in [1.54, 1.807) is 6.92 Å². The number of nitrogens with one attached hydrogen (secondary N) is 3. The molecule has 0 heterocycles. The van der Waals surface area contributed by atoms with Gasteiger partial charge in [-0.1, -0.05) is 55.8 Å². The highest BCUT2D eigenvalue weighted by molar-refractivity contribution is 5.94. The second-order valence-electron chi connectivity index (χ2n) is 7.49. The number of aliphatic imine (C=N–C) groups is 1. The molecule has 0 aliphatic carbocycles. The Morgan fingerprint density at radius 1 is 1.00 bits per heavy atom. The molecule has 162 valence electrons. The lowest BCUT2D eigenvalue weighted by Crippen LogP contribution is -2.44. The minimum Gasteiger partial charge on any atom is -0.384 e. The van der Waals surface area contributed by atoms with E-state index in [0.29, 0.717) is 31.2 Å². The number of carbonyl (C=O) groups excluding carboxylic acids is 1. The van der Waals surface area contributed by atoms with Crippen LogP contribution in [0.25, 0.3) is 0 Å². The fraction of sp³-hybridized carbons (Fsp3) is 0.417. The van der Waals surface area contributed by atoms with Crippen LogP contribution in [0.15, 0.2) is 59.6 Å². The molecule has 1 atom stereocenters. The van der Waals surface area contributed by atoms with Crippen LogP contribution >= 0.6 is 0 Å². The highest BCUT2D eigenvalue weighted by Gasteiger charge is 2.22. The second kappa shape index (κ2) is 12.0. The first-order valence-corrected chi connectivity index (χ1v) is 10.6. The fourth-order valence-electron chi connectivity index (χ4n) is 2.91. The average molecular weight is 411 g/mol. The van der Waals surface area contributed by atoms with Crippen LogP contribution in [-0.4, -0.2) is 36.6 Å². The summed E-state index contributed by atoms with van der Waals surface area (Å²) in [5, 5.41) is 20.1. The van der Waals surface area contributed by atoms with Crippen LogP contribution in [-0.2, 0) is 12.1 Å². The summed E-state index contributed by atoms with van der Waals surface area (Å²) in [4.78, 5) is 16.7. The first-order valence-electron chi connectivity index (χ1n) is 10.6. The van der Waals surface area contributed by atoms with E-state index in [2.05, 4.69) is 27.9 Å². The topological polar surface area (TPSA) is 85.8 Å². The molecule has 30 heavy (non-hydrogen) atoms. The lowest BCUT2D eigenvalue weighted by atomic mass is 9.96. The van der Waals surface area contributed by atoms with Crippen molar-refractivity contribution in [3.05, 3.63) is 71.3 Å². The van der Waals surface area contributed by atoms with Gasteiger partial charge in [0.15, 0.2) is 5.96 Å². The maximum atomic E-state index is 12.1. The molecule has 2 aromatic carbocycles. The normalized spacial score (nSPS) is 13.4. The van der Waals surface area contributed by atoms with E-state index in [9.17, 15) is 9.90 Å². The van der Waals surface area contributed by atoms with E-state index in [0.717, 1.165) is 30.5 Å². The van der Waals surface area contributed by atoms with Gasteiger partial charge in [-0.3, -0.25) is 4.79 Å². The van der Waals surface area contributed by atoms with Crippen molar-refractivity contribution >= 4 is 11.9 Å². The Hall–Kier alpha value is -2.86. The number of aliphatic hydroxyl groups is 1. The van der Waals surface area contributed by atoms with Gasteiger partial charge in [0, 0.05) is 18.7 Å². The zero-order valence-electron chi connectivity index (χ0n) is 18.2. The third-order valence-corrected chi connectivity index (χ3v) is 4.79. The number of unbranched alkanes of at least 4 members (excludes halogenated alkanes) is 1. The van der Waals surface area contributed by atoms with Crippen molar-refractivity contribution in [3.63, 3.8) is 0 Å². The van der Waals surface area contributed by atoms with Crippen LogP contribution in [0, 0.1) is 0 Å². The van der Waals surface area contributed by atoms with Gasteiger partial charge < -0.3 is 21.1 Å². The summed E-state index contributed by atoms with van der Waals surface area (Å²) >= 11 is 0. The summed E-state index contributed by atoms with van der Waals surface area (Å²) in [7, 11) is 0. The van der Waals surface area contributed by atoms with Crippen LogP contribution < -0.4 is 16.0 Å². The van der Waals surface area contributed by atoms with E-state index in [-0.39, 0.29) is 5.91 Å². The van der Waals surface area contributed by atoms with Crippen LogP contribution in [0.2, 0.25) is 0 Å². The van der Waals surface area contributed by atoms with Crippen molar-refractivity contribution in [1.29, 1.82) is 0 Å². The van der Waals surface area contributed by atoms with Crippen LogP contribution in [0.1, 0.15) is 55.1 Å². The van der Waals surface area contributed by atoms with E-state index in [1.165, 1.54) is 0 Å². The molecule has 0 saturated carbocycles. The number of rotatable bonds is 10. The molecule has 1 amide bonds. The smallest absolute Gasteiger partial charge is 0.251 e. The van der Waals surface area contributed by atoms with E-state index in [1.807, 2.05) is 61.5 Å². The Bertz CT molecular complexity index is 802. The SMILES string of the molecule is CCCCNC(=O)c1ccc(CN=C(NCC)NCC(C)(O)c2ccccc2)cc1. The summed E-state index contributed by atoms with van der Waals surface area (Å²) in [6.45, 7) is 8.10. The van der Waals surface area contributed by atoms with Crippen LogP contribution in [0.4, 0.5) is 0 Å². The number of hydrogen-bond donors (Lipinski definition) is 4. The molecule has 0 radical (unpaired) electrons. The third-order valence-electron chi connectivity index (χ3n) is 4.79. The number of guanidine groups is 1. The van der Waals surface area contributed by atoms with Crippen molar-refractivity contribution in [2.45, 2.75) is 45.8 Å². The van der Waals surface area contributed by atoms with Crippen LogP contribution in [0.3, 0.4) is 0 Å². The quantitative estimate of drug-likeness (QED) is 0.275. The minimum absolute atomic E-state index is 0.0448. The zero-order chi connectivity index (χ0) is 21.8. The molecule has 6 heteroatoms. The molecule has 0 aromatic heterocycles. The summed E-state index contributed by atoms with van der Waals surface area (Å²) in [5.41, 5.74) is 1.50. The highest BCUT2D eigenvalue weighted by Crippen LogP contribution is 2.18. The van der Waals surface area contributed by atoms with Gasteiger partial charge in [-0.05, 0) is 43.5 Å². The van der Waals surface area contributed by atoms with Crippen molar-refractivity contribution in [2.24, 2.45) is 4.99 Å². The van der Waals surface area contributed by atoms with Gasteiger partial charge in [0.25, 0.3) is 5.91 Å². The third kappa shape index (κ3) is 7.52. The molecule has 6 nitrogen and oxygen atoms in total. The Kier molecular flexibility index (Phi) is 9.35. The molecule has 0 saturated heterocycles. The molecule has 2 rings (SSSR count). The zero-order valence-corrected chi connectivity index (χ0v) is 18.2.